The molecule has 2 aromatic carbocycles. The average molecular weight is 421 g/mol. The molecule has 0 aliphatic carbocycles. The van der Waals surface area contributed by atoms with E-state index in [1.807, 2.05) is 37.3 Å². The Bertz CT molecular complexity index is 939. The number of carbonyl (C=O) groups is 1. The van der Waals surface area contributed by atoms with Gasteiger partial charge in [-0.15, -0.1) is 0 Å². The minimum Gasteiger partial charge on any atom is -0.345 e. The van der Waals surface area contributed by atoms with E-state index >= 15 is 0 Å². The Kier molecular flexibility index (Phi) is 6.43. The molecular weight excluding hydrogens is 396 g/mol. The highest BCUT2D eigenvalue weighted by Crippen LogP contribution is 2.27. The first-order chi connectivity index (χ1) is 13.3. The zero-order chi connectivity index (χ0) is 20.3. The molecule has 0 spiro atoms. The highest BCUT2D eigenvalue weighted by atomic mass is 35.5. The fourth-order valence-corrected chi connectivity index (χ4v) is 5.01. The van der Waals surface area contributed by atoms with Crippen LogP contribution in [0.2, 0.25) is 5.02 Å². The molecule has 1 atom stereocenters. The molecule has 0 unspecified atom stereocenters. The molecule has 1 heterocycles. The number of piperidine rings is 1. The first-order valence-corrected chi connectivity index (χ1v) is 11.3. The van der Waals surface area contributed by atoms with Crippen LogP contribution in [0.15, 0.2) is 53.4 Å². The highest BCUT2D eigenvalue weighted by Gasteiger charge is 2.29. The van der Waals surface area contributed by atoms with Gasteiger partial charge in [0.15, 0.2) is 0 Å². The van der Waals surface area contributed by atoms with Gasteiger partial charge in [-0.05, 0) is 49.4 Å². The van der Waals surface area contributed by atoms with Gasteiger partial charge in [0.25, 0.3) is 5.91 Å². The van der Waals surface area contributed by atoms with Gasteiger partial charge < -0.3 is 5.32 Å². The third kappa shape index (κ3) is 4.57. The normalized spacial score (nSPS) is 17.2. The summed E-state index contributed by atoms with van der Waals surface area (Å²) in [7, 11) is -3.64. The summed E-state index contributed by atoms with van der Waals surface area (Å²) in [5.41, 5.74) is 1.12. The van der Waals surface area contributed by atoms with E-state index in [9.17, 15) is 13.2 Å². The van der Waals surface area contributed by atoms with Crippen molar-refractivity contribution in [2.45, 2.75) is 37.6 Å². The lowest BCUT2D eigenvalue weighted by Crippen LogP contribution is -2.38. The number of hydrogen-bond acceptors (Lipinski definition) is 3. The average Bonchev–Trinajstić information content (AvgIpc) is 2.69. The molecule has 0 aromatic heterocycles. The zero-order valence-electron chi connectivity index (χ0n) is 16.1. The predicted octanol–water partition coefficient (Wildman–Crippen LogP) is 4.25. The van der Waals surface area contributed by atoms with Gasteiger partial charge >= 0.3 is 0 Å². The van der Waals surface area contributed by atoms with Crippen LogP contribution < -0.4 is 5.32 Å². The van der Waals surface area contributed by atoms with Gasteiger partial charge in [0.2, 0.25) is 10.0 Å². The SMILES string of the molecule is CC1CCN(S(=O)(=O)c2ccc(Cl)c(C(=O)N[C@H](C)c3ccccc3)c2)CC1. The topological polar surface area (TPSA) is 66.5 Å². The summed E-state index contributed by atoms with van der Waals surface area (Å²) in [6.45, 7) is 5.00. The first kappa shape index (κ1) is 20.8. The van der Waals surface area contributed by atoms with Crippen LogP contribution in [0.1, 0.15) is 48.7 Å². The Morgan fingerprint density at radius 3 is 2.43 bits per heavy atom. The van der Waals surface area contributed by atoms with Gasteiger partial charge in [0, 0.05) is 13.1 Å². The summed E-state index contributed by atoms with van der Waals surface area (Å²) in [5, 5.41) is 3.11. The quantitative estimate of drug-likeness (QED) is 0.786. The van der Waals surface area contributed by atoms with E-state index in [-0.39, 0.29) is 21.5 Å². The van der Waals surface area contributed by atoms with Crippen molar-refractivity contribution in [1.82, 2.24) is 9.62 Å². The fourth-order valence-electron chi connectivity index (χ4n) is 3.31. The van der Waals surface area contributed by atoms with Gasteiger partial charge in [-0.3, -0.25) is 4.79 Å². The lowest BCUT2D eigenvalue weighted by atomic mass is 10.0. The van der Waals surface area contributed by atoms with Crippen LogP contribution in [0.3, 0.4) is 0 Å². The number of nitrogens with zero attached hydrogens (tertiary/aromatic N) is 1. The molecule has 1 aliphatic heterocycles. The minimum atomic E-state index is -3.64. The highest BCUT2D eigenvalue weighted by molar-refractivity contribution is 7.89. The predicted molar refractivity (Wildman–Crippen MR) is 111 cm³/mol. The van der Waals surface area contributed by atoms with Gasteiger partial charge in [0.05, 0.1) is 21.5 Å². The van der Waals surface area contributed by atoms with Crippen LogP contribution in [0.25, 0.3) is 0 Å². The molecule has 150 valence electrons. The molecule has 1 fully saturated rings. The number of amides is 1. The Morgan fingerprint density at radius 2 is 1.79 bits per heavy atom. The van der Waals surface area contributed by atoms with Crippen molar-refractivity contribution in [2.75, 3.05) is 13.1 Å². The van der Waals surface area contributed by atoms with Crippen LogP contribution in [0.4, 0.5) is 0 Å². The lowest BCUT2D eigenvalue weighted by Gasteiger charge is -2.29. The van der Waals surface area contributed by atoms with Crippen LogP contribution in [-0.2, 0) is 10.0 Å². The number of benzene rings is 2. The molecular formula is C21H25ClN2O3S. The third-order valence-electron chi connectivity index (χ3n) is 5.21. The maximum atomic E-state index is 13.0. The zero-order valence-corrected chi connectivity index (χ0v) is 17.6. The lowest BCUT2D eigenvalue weighted by molar-refractivity contribution is 0.0940. The first-order valence-electron chi connectivity index (χ1n) is 9.44. The molecule has 1 saturated heterocycles. The molecule has 0 bridgehead atoms. The van der Waals surface area contributed by atoms with Crippen molar-refractivity contribution in [3.8, 4) is 0 Å². The number of sulfonamides is 1. The number of hydrogen-bond donors (Lipinski definition) is 1. The van der Waals surface area contributed by atoms with Gasteiger partial charge in [-0.25, -0.2) is 8.42 Å². The van der Waals surface area contributed by atoms with E-state index in [4.69, 9.17) is 11.6 Å². The molecule has 28 heavy (non-hydrogen) atoms. The second-order valence-electron chi connectivity index (χ2n) is 7.33. The summed E-state index contributed by atoms with van der Waals surface area (Å²) in [6.07, 6.45) is 1.68. The van der Waals surface area contributed by atoms with Gasteiger partial charge in [-0.2, -0.15) is 4.31 Å². The Morgan fingerprint density at radius 1 is 1.14 bits per heavy atom. The molecule has 3 rings (SSSR count). The molecule has 0 radical (unpaired) electrons. The standard InChI is InChI=1S/C21H25ClN2O3S/c1-15-10-12-24(13-11-15)28(26,27)18-8-9-20(22)19(14-18)21(25)23-16(2)17-6-4-3-5-7-17/h3-9,14-16H,10-13H2,1-2H3,(H,23,25)/t16-/m1/s1. The summed E-state index contributed by atoms with van der Waals surface area (Å²) < 4.78 is 27.4. The summed E-state index contributed by atoms with van der Waals surface area (Å²) in [4.78, 5) is 12.8. The van der Waals surface area contributed by atoms with Gasteiger partial charge in [-0.1, -0.05) is 48.9 Å². The van der Waals surface area contributed by atoms with Crippen molar-refractivity contribution in [2.24, 2.45) is 5.92 Å². The maximum absolute atomic E-state index is 13.0. The summed E-state index contributed by atoms with van der Waals surface area (Å²) in [5.74, 6) is 0.128. The molecule has 7 heteroatoms. The maximum Gasteiger partial charge on any atom is 0.253 e. The van der Waals surface area contributed by atoms with E-state index in [1.54, 1.807) is 0 Å². The van der Waals surface area contributed by atoms with E-state index in [1.165, 1.54) is 22.5 Å². The van der Waals surface area contributed by atoms with Crippen LogP contribution in [-0.4, -0.2) is 31.7 Å². The van der Waals surface area contributed by atoms with Crippen molar-refractivity contribution in [3.05, 3.63) is 64.7 Å². The Hall–Kier alpha value is -1.89. The minimum absolute atomic E-state index is 0.101. The molecule has 0 saturated carbocycles. The van der Waals surface area contributed by atoms with Crippen molar-refractivity contribution >= 4 is 27.5 Å². The number of carbonyl (C=O) groups excluding carboxylic acids is 1. The smallest absolute Gasteiger partial charge is 0.253 e. The van der Waals surface area contributed by atoms with Crippen molar-refractivity contribution in [3.63, 3.8) is 0 Å². The second-order valence-corrected chi connectivity index (χ2v) is 9.68. The van der Waals surface area contributed by atoms with Crippen molar-refractivity contribution < 1.29 is 13.2 Å². The van der Waals surface area contributed by atoms with E-state index in [0.29, 0.717) is 19.0 Å². The number of halogens is 1. The third-order valence-corrected chi connectivity index (χ3v) is 7.43. The second kappa shape index (κ2) is 8.64. The fraction of sp³-hybridized carbons (Fsp3) is 0.381. The van der Waals surface area contributed by atoms with E-state index in [0.717, 1.165) is 18.4 Å². The molecule has 1 aliphatic rings. The van der Waals surface area contributed by atoms with Crippen LogP contribution >= 0.6 is 11.6 Å². The molecule has 2 aromatic rings. The van der Waals surface area contributed by atoms with E-state index in [2.05, 4.69) is 12.2 Å². The summed E-state index contributed by atoms with van der Waals surface area (Å²) in [6, 6.07) is 13.6. The number of rotatable bonds is 5. The van der Waals surface area contributed by atoms with Gasteiger partial charge in [0.1, 0.15) is 0 Å². The largest absolute Gasteiger partial charge is 0.345 e. The van der Waals surface area contributed by atoms with Crippen LogP contribution in [0, 0.1) is 5.92 Å². The van der Waals surface area contributed by atoms with Crippen LogP contribution in [0.5, 0.6) is 0 Å². The Balaban J connectivity index is 1.82. The summed E-state index contributed by atoms with van der Waals surface area (Å²) >= 11 is 6.21. The molecule has 5 nitrogen and oxygen atoms in total. The molecule has 1 amide bonds. The Labute approximate surface area is 171 Å². The number of nitrogens with one attached hydrogen (secondary N) is 1. The monoisotopic (exact) mass is 420 g/mol. The van der Waals surface area contributed by atoms with E-state index < -0.39 is 15.9 Å². The molecule has 1 N–H and O–H groups in total. The van der Waals surface area contributed by atoms with Crippen molar-refractivity contribution in [1.29, 1.82) is 0 Å².